The van der Waals surface area contributed by atoms with Crippen LogP contribution in [0.2, 0.25) is 0 Å². The SMILES string of the molecule is CCOCOC[N+](COCOCC)(COCOCN)COCOCN. The topological polar surface area (TPSA) is 126 Å². The van der Waals surface area contributed by atoms with Crippen LogP contribution in [0.25, 0.3) is 0 Å². The molecule has 0 aliphatic heterocycles. The third-order valence-electron chi connectivity index (χ3n) is 2.77. The zero-order valence-electron chi connectivity index (χ0n) is 15.4. The lowest BCUT2D eigenvalue weighted by molar-refractivity contribution is -0.995. The van der Waals surface area contributed by atoms with E-state index in [4.69, 9.17) is 49.4 Å². The van der Waals surface area contributed by atoms with Gasteiger partial charge in [0.25, 0.3) is 0 Å². The Labute approximate surface area is 149 Å². The molecule has 0 bridgehead atoms. The normalized spacial score (nSPS) is 12.0. The van der Waals surface area contributed by atoms with Crippen molar-refractivity contribution in [2.45, 2.75) is 13.8 Å². The highest BCUT2D eigenvalue weighted by Gasteiger charge is 2.29. The maximum atomic E-state index is 5.55. The lowest BCUT2D eigenvalue weighted by atomic mass is 10.6. The number of hydrogen-bond acceptors (Lipinski definition) is 10. The molecule has 11 heteroatoms. The Morgan fingerprint density at radius 1 is 0.520 bits per heavy atom. The number of quaternary nitrogens is 1. The highest BCUT2D eigenvalue weighted by molar-refractivity contribution is 4.24. The molecule has 0 saturated carbocycles. The summed E-state index contributed by atoms with van der Waals surface area (Å²) >= 11 is 0. The Hall–Kier alpha value is -0.440. The van der Waals surface area contributed by atoms with Crippen LogP contribution in [0.15, 0.2) is 0 Å². The van der Waals surface area contributed by atoms with Crippen molar-refractivity contribution in [3.63, 3.8) is 0 Å². The van der Waals surface area contributed by atoms with E-state index < -0.39 is 0 Å². The summed E-state index contributed by atoms with van der Waals surface area (Å²) in [5.74, 6) is 0. The second-order valence-corrected chi connectivity index (χ2v) is 4.87. The zero-order chi connectivity index (χ0) is 18.6. The first-order chi connectivity index (χ1) is 12.2. The molecule has 0 aromatic heterocycles. The first-order valence-electron chi connectivity index (χ1n) is 8.11. The van der Waals surface area contributed by atoms with Crippen LogP contribution >= 0.6 is 0 Å². The first-order valence-corrected chi connectivity index (χ1v) is 8.11. The summed E-state index contributed by atoms with van der Waals surface area (Å²) in [6.45, 7) is 6.32. The van der Waals surface area contributed by atoms with E-state index >= 15 is 0 Å². The van der Waals surface area contributed by atoms with Gasteiger partial charge in [-0.15, -0.1) is 0 Å². The summed E-state index contributed by atoms with van der Waals surface area (Å²) in [6, 6.07) is 0. The van der Waals surface area contributed by atoms with Gasteiger partial charge in [-0.3, -0.25) is 0 Å². The van der Waals surface area contributed by atoms with Crippen molar-refractivity contribution >= 4 is 0 Å². The quantitative estimate of drug-likeness (QED) is 0.164. The average Bonchev–Trinajstić information content (AvgIpc) is 2.63. The van der Waals surface area contributed by atoms with Crippen LogP contribution in [-0.2, 0) is 37.9 Å². The molecule has 0 saturated heterocycles. The third-order valence-corrected chi connectivity index (χ3v) is 2.77. The number of rotatable bonds is 20. The average molecular weight is 372 g/mol. The van der Waals surface area contributed by atoms with Gasteiger partial charge < -0.3 is 49.4 Å². The first kappa shape index (κ1) is 24.6. The van der Waals surface area contributed by atoms with Gasteiger partial charge in [0.1, 0.15) is 0 Å². The Kier molecular flexibility index (Phi) is 18.0. The van der Waals surface area contributed by atoms with Gasteiger partial charge in [0.05, 0.1) is 13.5 Å². The molecule has 0 fully saturated rings. The van der Waals surface area contributed by atoms with Crippen LogP contribution in [0.5, 0.6) is 0 Å². The predicted octanol–water partition coefficient (Wildman–Crippen LogP) is -0.532. The Morgan fingerprint density at radius 2 is 0.840 bits per heavy atom. The second-order valence-electron chi connectivity index (χ2n) is 4.87. The molecule has 0 radical (unpaired) electrons. The number of nitrogens with two attached hydrogens (primary N) is 2. The van der Waals surface area contributed by atoms with Gasteiger partial charge >= 0.3 is 0 Å². The Morgan fingerprint density at radius 3 is 1.12 bits per heavy atom. The van der Waals surface area contributed by atoms with Gasteiger partial charge in [0.15, 0.2) is 54.1 Å². The van der Waals surface area contributed by atoms with Crippen molar-refractivity contribution in [1.29, 1.82) is 0 Å². The summed E-state index contributed by atoms with van der Waals surface area (Å²) in [7, 11) is 0. The molecule has 0 aliphatic carbocycles. The van der Waals surface area contributed by atoms with Crippen molar-refractivity contribution in [1.82, 2.24) is 0 Å². The molecule has 0 amide bonds. The standard InChI is InChI=1S/C14H34N3O8/c1-3-18-11-22-7-17(8-23-12-19-4-2,9-24-13-20-5-15)10-25-14-21-6-16/h3-16H2,1-2H3/q+1. The molecule has 25 heavy (non-hydrogen) atoms. The lowest BCUT2D eigenvalue weighted by Gasteiger charge is -2.36. The minimum atomic E-state index is 0.0483. The van der Waals surface area contributed by atoms with E-state index in [0.29, 0.717) is 13.2 Å². The fourth-order valence-electron chi connectivity index (χ4n) is 1.65. The number of hydrogen-bond donors (Lipinski definition) is 2. The molecule has 4 N–H and O–H groups in total. The van der Waals surface area contributed by atoms with Crippen molar-refractivity contribution in [3.05, 3.63) is 0 Å². The van der Waals surface area contributed by atoms with E-state index in [1.54, 1.807) is 0 Å². The molecule has 0 atom stereocenters. The molecule has 0 unspecified atom stereocenters. The summed E-state index contributed by atoms with van der Waals surface area (Å²) in [5.41, 5.74) is 10.6. The van der Waals surface area contributed by atoms with Gasteiger partial charge in [-0.1, -0.05) is 0 Å². The minimum absolute atomic E-state index is 0.0483. The minimum Gasteiger partial charge on any atom is -0.355 e. The van der Waals surface area contributed by atoms with Gasteiger partial charge in [-0.2, -0.15) is 0 Å². The molecule has 0 heterocycles. The van der Waals surface area contributed by atoms with Crippen LogP contribution in [-0.4, -0.2) is 85.3 Å². The summed E-state index contributed by atoms with van der Waals surface area (Å²) < 4.78 is 42.6. The van der Waals surface area contributed by atoms with Gasteiger partial charge in [-0.05, 0) is 13.8 Å². The van der Waals surface area contributed by atoms with Gasteiger partial charge in [0, 0.05) is 13.2 Å². The van der Waals surface area contributed by atoms with Crippen molar-refractivity contribution < 1.29 is 42.4 Å². The van der Waals surface area contributed by atoms with E-state index in [-0.39, 0.29) is 72.0 Å². The smallest absolute Gasteiger partial charge is 0.191 e. The van der Waals surface area contributed by atoms with E-state index in [1.807, 2.05) is 13.8 Å². The molecule has 0 aromatic carbocycles. The van der Waals surface area contributed by atoms with E-state index in [9.17, 15) is 0 Å². The Bertz CT molecular complexity index is 223. The van der Waals surface area contributed by atoms with Crippen LogP contribution in [0, 0.1) is 0 Å². The van der Waals surface area contributed by atoms with Crippen LogP contribution < -0.4 is 11.5 Å². The maximum Gasteiger partial charge on any atom is 0.191 e. The zero-order valence-corrected chi connectivity index (χ0v) is 15.4. The maximum absolute atomic E-state index is 5.55. The highest BCUT2D eigenvalue weighted by Crippen LogP contribution is 2.10. The molecular formula is C14H34N3O8+. The van der Waals surface area contributed by atoms with Gasteiger partial charge in [-0.25, -0.2) is 4.48 Å². The van der Waals surface area contributed by atoms with Crippen molar-refractivity contribution in [2.75, 3.05) is 80.8 Å². The predicted molar refractivity (Wildman–Crippen MR) is 87.1 cm³/mol. The van der Waals surface area contributed by atoms with Crippen LogP contribution in [0.4, 0.5) is 0 Å². The van der Waals surface area contributed by atoms with E-state index in [1.165, 1.54) is 0 Å². The fraction of sp³-hybridized carbons (Fsp3) is 1.00. The largest absolute Gasteiger partial charge is 0.355 e. The molecule has 0 rings (SSSR count). The lowest BCUT2D eigenvalue weighted by Crippen LogP contribution is -2.54. The highest BCUT2D eigenvalue weighted by atomic mass is 16.7. The third kappa shape index (κ3) is 14.4. The summed E-state index contributed by atoms with van der Waals surface area (Å²) in [6.07, 6.45) is 0. The van der Waals surface area contributed by atoms with Crippen molar-refractivity contribution in [3.8, 4) is 0 Å². The monoisotopic (exact) mass is 372 g/mol. The van der Waals surface area contributed by atoms with E-state index in [0.717, 1.165) is 0 Å². The molecular weight excluding hydrogens is 338 g/mol. The summed E-state index contributed by atoms with van der Waals surface area (Å²) in [5, 5.41) is 0. The molecule has 0 aliphatic rings. The fourth-order valence-corrected chi connectivity index (χ4v) is 1.65. The molecule has 0 aromatic rings. The molecule has 11 nitrogen and oxygen atoms in total. The van der Waals surface area contributed by atoms with Crippen LogP contribution in [0.3, 0.4) is 0 Å². The molecule has 152 valence electrons. The number of ether oxygens (including phenoxy) is 8. The van der Waals surface area contributed by atoms with E-state index in [2.05, 4.69) is 0 Å². The second kappa shape index (κ2) is 18.4. The Balaban J connectivity index is 4.62. The van der Waals surface area contributed by atoms with Crippen molar-refractivity contribution in [2.24, 2.45) is 11.5 Å². The van der Waals surface area contributed by atoms with Gasteiger partial charge in [0.2, 0.25) is 0 Å². The van der Waals surface area contributed by atoms with Crippen LogP contribution in [0.1, 0.15) is 13.8 Å². The molecule has 0 spiro atoms. The number of nitrogens with zero attached hydrogens (tertiary/aromatic N) is 1. The summed E-state index contributed by atoms with van der Waals surface area (Å²) in [4.78, 5) is 0.